The minimum Gasteiger partial charge on any atom is -0.349 e. The molecule has 0 amide bonds. The Labute approximate surface area is 107 Å². The van der Waals surface area contributed by atoms with Crippen LogP contribution in [0.1, 0.15) is 0 Å². The number of nitrogens with zero attached hydrogens (tertiary/aromatic N) is 3. The summed E-state index contributed by atoms with van der Waals surface area (Å²) in [6, 6.07) is 0. The molecule has 0 bridgehead atoms. The summed E-state index contributed by atoms with van der Waals surface area (Å²) in [6.07, 6.45) is 3.34. The highest BCUT2D eigenvalue weighted by atomic mass is 35.5. The molecule has 2 heterocycles. The molecule has 0 aromatic carbocycles. The van der Waals surface area contributed by atoms with Crippen LogP contribution in [-0.2, 0) is 7.05 Å². The standard InChI is InChI=1S/C9H14N4O.2ClH/c1-12-5-4-11-8(9(12)14)13-6-2-10-3-7-13;;/h4-5,10H,2-3,6-7H2,1H3;2*1H. The lowest BCUT2D eigenvalue weighted by Crippen LogP contribution is -2.46. The van der Waals surface area contributed by atoms with E-state index in [2.05, 4.69) is 10.3 Å². The molecule has 1 aliphatic rings. The monoisotopic (exact) mass is 266 g/mol. The summed E-state index contributed by atoms with van der Waals surface area (Å²) >= 11 is 0. The number of aromatic nitrogens is 2. The highest BCUT2D eigenvalue weighted by Gasteiger charge is 2.14. The number of aryl methyl sites for hydroxylation is 1. The maximum atomic E-state index is 11.7. The Balaban J connectivity index is 0.00000112. The van der Waals surface area contributed by atoms with E-state index in [9.17, 15) is 4.79 Å². The van der Waals surface area contributed by atoms with Gasteiger partial charge in [-0.1, -0.05) is 0 Å². The van der Waals surface area contributed by atoms with Gasteiger partial charge in [0.2, 0.25) is 0 Å². The maximum Gasteiger partial charge on any atom is 0.293 e. The van der Waals surface area contributed by atoms with E-state index in [-0.39, 0.29) is 30.4 Å². The molecule has 0 saturated carbocycles. The average Bonchev–Trinajstić information content (AvgIpc) is 2.23. The lowest BCUT2D eigenvalue weighted by Gasteiger charge is -2.27. The van der Waals surface area contributed by atoms with Crippen LogP contribution in [0.4, 0.5) is 5.82 Å². The first-order chi connectivity index (χ1) is 6.79. The van der Waals surface area contributed by atoms with Crippen LogP contribution in [0, 0.1) is 0 Å². The van der Waals surface area contributed by atoms with Crippen molar-refractivity contribution in [2.24, 2.45) is 7.05 Å². The van der Waals surface area contributed by atoms with E-state index in [1.165, 1.54) is 0 Å². The second-order valence-corrected chi connectivity index (χ2v) is 3.40. The van der Waals surface area contributed by atoms with Crippen molar-refractivity contribution in [2.45, 2.75) is 0 Å². The van der Waals surface area contributed by atoms with Crippen LogP contribution in [0.15, 0.2) is 17.2 Å². The minimum atomic E-state index is -0.0191. The average molecular weight is 267 g/mol. The summed E-state index contributed by atoms with van der Waals surface area (Å²) in [6.45, 7) is 3.54. The summed E-state index contributed by atoms with van der Waals surface area (Å²) in [4.78, 5) is 17.9. The molecule has 2 rings (SSSR count). The SMILES string of the molecule is Cl.Cl.Cn1ccnc(N2CCNCC2)c1=O. The van der Waals surface area contributed by atoms with E-state index in [0.717, 1.165) is 26.2 Å². The Morgan fingerprint density at radius 2 is 1.94 bits per heavy atom. The van der Waals surface area contributed by atoms with Crippen molar-refractivity contribution in [3.63, 3.8) is 0 Å². The smallest absolute Gasteiger partial charge is 0.293 e. The predicted octanol–water partition coefficient (Wildman–Crippen LogP) is 0.0335. The van der Waals surface area contributed by atoms with Crippen molar-refractivity contribution < 1.29 is 0 Å². The molecule has 16 heavy (non-hydrogen) atoms. The third-order valence-electron chi connectivity index (χ3n) is 2.42. The van der Waals surface area contributed by atoms with E-state index in [0.29, 0.717) is 5.82 Å². The highest BCUT2D eigenvalue weighted by Crippen LogP contribution is 2.03. The van der Waals surface area contributed by atoms with Crippen molar-refractivity contribution >= 4 is 30.6 Å². The Morgan fingerprint density at radius 3 is 2.56 bits per heavy atom. The fraction of sp³-hybridized carbons (Fsp3) is 0.556. The molecule has 92 valence electrons. The van der Waals surface area contributed by atoms with Crippen LogP contribution < -0.4 is 15.8 Å². The number of halogens is 2. The summed E-state index contributed by atoms with van der Waals surface area (Å²) in [5.41, 5.74) is -0.0191. The van der Waals surface area contributed by atoms with E-state index in [4.69, 9.17) is 0 Å². The first-order valence-electron chi connectivity index (χ1n) is 4.76. The van der Waals surface area contributed by atoms with Crippen LogP contribution in [0.2, 0.25) is 0 Å². The normalized spacial score (nSPS) is 14.9. The highest BCUT2D eigenvalue weighted by molar-refractivity contribution is 5.85. The lowest BCUT2D eigenvalue weighted by atomic mass is 10.3. The van der Waals surface area contributed by atoms with Gasteiger partial charge in [0.05, 0.1) is 0 Å². The number of rotatable bonds is 1. The Kier molecular flexibility index (Phi) is 6.40. The van der Waals surface area contributed by atoms with E-state index >= 15 is 0 Å². The molecule has 1 N–H and O–H groups in total. The molecule has 1 aliphatic heterocycles. The Hall–Kier alpha value is -0.780. The molecule has 0 atom stereocenters. The number of anilines is 1. The molecule has 0 radical (unpaired) electrons. The fourth-order valence-corrected chi connectivity index (χ4v) is 1.58. The van der Waals surface area contributed by atoms with Gasteiger partial charge in [0, 0.05) is 45.6 Å². The van der Waals surface area contributed by atoms with Crippen LogP contribution in [0.25, 0.3) is 0 Å². The third-order valence-corrected chi connectivity index (χ3v) is 2.42. The van der Waals surface area contributed by atoms with Crippen molar-refractivity contribution in [1.82, 2.24) is 14.9 Å². The van der Waals surface area contributed by atoms with Crippen LogP contribution in [-0.4, -0.2) is 35.7 Å². The third kappa shape index (κ3) is 3.10. The van der Waals surface area contributed by atoms with Crippen LogP contribution in [0.5, 0.6) is 0 Å². The molecule has 0 spiro atoms. The van der Waals surface area contributed by atoms with E-state index in [1.807, 2.05) is 4.90 Å². The number of hydrogen-bond donors (Lipinski definition) is 1. The lowest BCUT2D eigenvalue weighted by molar-refractivity contribution is 0.580. The van der Waals surface area contributed by atoms with Gasteiger partial charge in [-0.15, -0.1) is 24.8 Å². The van der Waals surface area contributed by atoms with Crippen LogP contribution >= 0.6 is 24.8 Å². The molecule has 1 aromatic rings. The van der Waals surface area contributed by atoms with Gasteiger partial charge in [0.15, 0.2) is 5.82 Å². The van der Waals surface area contributed by atoms with Gasteiger partial charge in [-0.05, 0) is 0 Å². The summed E-state index contributed by atoms with van der Waals surface area (Å²) in [5.74, 6) is 0.566. The molecule has 1 fully saturated rings. The van der Waals surface area contributed by atoms with Crippen molar-refractivity contribution in [2.75, 3.05) is 31.1 Å². The van der Waals surface area contributed by atoms with Gasteiger partial charge < -0.3 is 14.8 Å². The molecular formula is C9H16Cl2N4O. The summed E-state index contributed by atoms with van der Waals surface area (Å²) < 4.78 is 1.56. The second-order valence-electron chi connectivity index (χ2n) is 3.40. The molecule has 5 nitrogen and oxygen atoms in total. The Bertz CT molecular complexity index is 376. The zero-order valence-corrected chi connectivity index (χ0v) is 10.7. The molecular weight excluding hydrogens is 251 g/mol. The zero-order chi connectivity index (χ0) is 9.97. The number of nitrogens with one attached hydrogen (secondary N) is 1. The first-order valence-corrected chi connectivity index (χ1v) is 4.76. The van der Waals surface area contributed by atoms with Gasteiger partial charge in [-0.3, -0.25) is 4.79 Å². The van der Waals surface area contributed by atoms with E-state index < -0.39 is 0 Å². The Morgan fingerprint density at radius 1 is 1.31 bits per heavy atom. The van der Waals surface area contributed by atoms with E-state index in [1.54, 1.807) is 24.0 Å². The second kappa shape index (κ2) is 6.73. The largest absolute Gasteiger partial charge is 0.349 e. The van der Waals surface area contributed by atoms with Crippen molar-refractivity contribution in [1.29, 1.82) is 0 Å². The summed E-state index contributed by atoms with van der Waals surface area (Å²) in [7, 11) is 1.75. The van der Waals surface area contributed by atoms with Gasteiger partial charge in [-0.25, -0.2) is 4.98 Å². The van der Waals surface area contributed by atoms with Gasteiger partial charge in [0.1, 0.15) is 0 Å². The van der Waals surface area contributed by atoms with Gasteiger partial charge >= 0.3 is 0 Å². The molecule has 0 unspecified atom stereocenters. The molecule has 7 heteroatoms. The fourth-order valence-electron chi connectivity index (χ4n) is 1.58. The van der Waals surface area contributed by atoms with Crippen molar-refractivity contribution in [3.8, 4) is 0 Å². The van der Waals surface area contributed by atoms with Gasteiger partial charge in [0.25, 0.3) is 5.56 Å². The number of piperazine rings is 1. The number of hydrogen-bond acceptors (Lipinski definition) is 4. The zero-order valence-electron chi connectivity index (χ0n) is 9.05. The molecule has 0 aliphatic carbocycles. The maximum absolute atomic E-state index is 11.7. The first kappa shape index (κ1) is 15.2. The molecule has 1 saturated heterocycles. The quantitative estimate of drug-likeness (QED) is 0.780. The predicted molar refractivity (Wildman–Crippen MR) is 69.1 cm³/mol. The minimum absolute atomic E-state index is 0. The van der Waals surface area contributed by atoms with Crippen LogP contribution in [0.3, 0.4) is 0 Å². The van der Waals surface area contributed by atoms with Gasteiger partial charge in [-0.2, -0.15) is 0 Å². The van der Waals surface area contributed by atoms with Crippen molar-refractivity contribution in [3.05, 3.63) is 22.7 Å². The summed E-state index contributed by atoms with van der Waals surface area (Å²) in [5, 5.41) is 3.24. The topological polar surface area (TPSA) is 50.2 Å². The molecule has 1 aromatic heterocycles.